The quantitative estimate of drug-likeness (QED) is 0.298. The Bertz CT molecular complexity index is 1110. The van der Waals surface area contributed by atoms with Crippen LogP contribution in [0.4, 0.5) is 10.7 Å². The van der Waals surface area contributed by atoms with Crippen molar-refractivity contribution in [3.8, 4) is 11.1 Å². The second-order valence-electron chi connectivity index (χ2n) is 6.22. The summed E-state index contributed by atoms with van der Waals surface area (Å²) in [5.41, 5.74) is 1.81. The molecule has 1 N–H and O–H groups in total. The molecule has 0 unspecified atom stereocenters. The molecule has 7 nitrogen and oxygen atoms in total. The number of nitro benzene ring substituents is 1. The third kappa shape index (κ3) is 4.50. The molecule has 0 saturated carbocycles. The lowest BCUT2D eigenvalue weighted by molar-refractivity contribution is -0.384. The van der Waals surface area contributed by atoms with Gasteiger partial charge in [0.25, 0.3) is 11.6 Å². The van der Waals surface area contributed by atoms with Crippen molar-refractivity contribution in [1.29, 1.82) is 0 Å². The van der Waals surface area contributed by atoms with Crippen LogP contribution >= 0.6 is 22.9 Å². The highest BCUT2D eigenvalue weighted by molar-refractivity contribution is 7.17. The predicted octanol–water partition coefficient (Wildman–Crippen LogP) is 5.71. The Labute approximate surface area is 181 Å². The minimum absolute atomic E-state index is 0.115. The number of anilines is 1. The zero-order valence-electron chi connectivity index (χ0n) is 16.1. The van der Waals surface area contributed by atoms with E-state index in [2.05, 4.69) is 5.32 Å². The van der Waals surface area contributed by atoms with Crippen molar-refractivity contribution in [3.05, 3.63) is 79.7 Å². The van der Waals surface area contributed by atoms with Crippen molar-refractivity contribution < 1.29 is 19.2 Å². The number of hydrogen-bond donors (Lipinski definition) is 1. The highest BCUT2D eigenvalue weighted by Crippen LogP contribution is 2.41. The van der Waals surface area contributed by atoms with Gasteiger partial charge in [-0.1, -0.05) is 23.7 Å². The van der Waals surface area contributed by atoms with Gasteiger partial charge >= 0.3 is 5.97 Å². The minimum atomic E-state index is -0.550. The van der Waals surface area contributed by atoms with Crippen molar-refractivity contribution in [1.82, 2.24) is 0 Å². The summed E-state index contributed by atoms with van der Waals surface area (Å²) in [7, 11) is 0. The second kappa shape index (κ2) is 9.06. The SMILES string of the molecule is CCOC(=O)c1c(NC(=O)c2ccc([N+](=O)[O-])cc2)sc(C)c1-c1ccc(Cl)cc1. The molecule has 0 aliphatic rings. The topological polar surface area (TPSA) is 98.5 Å². The maximum Gasteiger partial charge on any atom is 0.341 e. The summed E-state index contributed by atoms with van der Waals surface area (Å²) >= 11 is 7.23. The van der Waals surface area contributed by atoms with E-state index in [1.165, 1.54) is 35.6 Å². The van der Waals surface area contributed by atoms with E-state index in [4.69, 9.17) is 16.3 Å². The van der Waals surface area contributed by atoms with Crippen molar-refractivity contribution in [2.24, 2.45) is 0 Å². The number of nitrogens with one attached hydrogen (secondary N) is 1. The molecule has 154 valence electrons. The highest BCUT2D eigenvalue weighted by Gasteiger charge is 2.26. The lowest BCUT2D eigenvalue weighted by Crippen LogP contribution is -2.14. The number of carbonyl (C=O) groups is 2. The maximum atomic E-state index is 12.7. The summed E-state index contributed by atoms with van der Waals surface area (Å²) < 4.78 is 5.21. The van der Waals surface area contributed by atoms with E-state index in [-0.39, 0.29) is 23.4 Å². The third-order valence-corrected chi connectivity index (χ3v) is 5.54. The molecule has 0 saturated heterocycles. The molecule has 30 heavy (non-hydrogen) atoms. The number of ether oxygens (including phenoxy) is 1. The summed E-state index contributed by atoms with van der Waals surface area (Å²) in [6.45, 7) is 3.73. The fourth-order valence-corrected chi connectivity index (χ4v) is 4.09. The molecule has 9 heteroatoms. The van der Waals surface area contributed by atoms with Crippen LogP contribution in [0.25, 0.3) is 11.1 Å². The molecule has 0 fully saturated rings. The smallest absolute Gasteiger partial charge is 0.341 e. The van der Waals surface area contributed by atoms with E-state index in [1.807, 2.05) is 6.92 Å². The Morgan fingerprint density at radius 1 is 1.13 bits per heavy atom. The molecule has 3 aromatic rings. The molecule has 0 atom stereocenters. The number of hydrogen-bond acceptors (Lipinski definition) is 6. The van der Waals surface area contributed by atoms with E-state index in [1.54, 1.807) is 31.2 Å². The number of rotatable bonds is 6. The second-order valence-corrected chi connectivity index (χ2v) is 7.88. The first-order valence-corrected chi connectivity index (χ1v) is 10.1. The molecule has 1 amide bonds. The average Bonchev–Trinajstić information content (AvgIpc) is 3.04. The van der Waals surface area contributed by atoms with Crippen LogP contribution < -0.4 is 5.32 Å². The van der Waals surface area contributed by atoms with Gasteiger partial charge in [-0.15, -0.1) is 11.3 Å². The van der Waals surface area contributed by atoms with Crippen LogP contribution in [0.1, 0.15) is 32.5 Å². The molecular formula is C21H17ClN2O5S. The molecular weight excluding hydrogens is 428 g/mol. The standard InChI is InChI=1S/C21H17ClN2O5S/c1-3-29-21(26)18-17(13-4-8-15(22)9-5-13)12(2)30-20(18)23-19(25)14-6-10-16(11-7-14)24(27)28/h4-11H,3H2,1-2H3,(H,23,25). The van der Waals surface area contributed by atoms with Gasteiger partial charge < -0.3 is 10.1 Å². The van der Waals surface area contributed by atoms with Crippen LogP contribution in [0.2, 0.25) is 5.02 Å². The molecule has 0 spiro atoms. The highest BCUT2D eigenvalue weighted by atomic mass is 35.5. The number of nitro groups is 1. The van der Waals surface area contributed by atoms with Gasteiger partial charge in [0.2, 0.25) is 0 Å². The summed E-state index contributed by atoms with van der Waals surface area (Å²) in [5.74, 6) is -1.04. The Morgan fingerprint density at radius 3 is 2.33 bits per heavy atom. The van der Waals surface area contributed by atoms with Gasteiger partial charge in [0.15, 0.2) is 0 Å². The summed E-state index contributed by atoms with van der Waals surface area (Å²) in [6, 6.07) is 12.2. The molecule has 0 aliphatic carbocycles. The lowest BCUT2D eigenvalue weighted by atomic mass is 10.0. The lowest BCUT2D eigenvalue weighted by Gasteiger charge is -2.09. The van der Waals surface area contributed by atoms with Gasteiger partial charge in [-0.3, -0.25) is 14.9 Å². The van der Waals surface area contributed by atoms with Crippen LogP contribution in [0.15, 0.2) is 48.5 Å². The van der Waals surface area contributed by atoms with Crippen LogP contribution in [-0.4, -0.2) is 23.4 Å². The van der Waals surface area contributed by atoms with Crippen molar-refractivity contribution in [3.63, 3.8) is 0 Å². The van der Waals surface area contributed by atoms with Gasteiger partial charge in [-0.05, 0) is 43.7 Å². The van der Waals surface area contributed by atoms with Gasteiger partial charge in [0.1, 0.15) is 10.6 Å². The first-order chi connectivity index (χ1) is 14.3. The van der Waals surface area contributed by atoms with E-state index in [9.17, 15) is 19.7 Å². The van der Waals surface area contributed by atoms with Crippen molar-refractivity contribution >= 4 is 45.5 Å². The minimum Gasteiger partial charge on any atom is -0.462 e. The van der Waals surface area contributed by atoms with Crippen LogP contribution in [-0.2, 0) is 4.74 Å². The van der Waals surface area contributed by atoms with E-state index >= 15 is 0 Å². The molecule has 0 bridgehead atoms. The number of thiophene rings is 1. The monoisotopic (exact) mass is 444 g/mol. The van der Waals surface area contributed by atoms with Crippen molar-refractivity contribution in [2.75, 3.05) is 11.9 Å². The Balaban J connectivity index is 2.00. The Hall–Kier alpha value is -3.23. The zero-order valence-corrected chi connectivity index (χ0v) is 17.7. The summed E-state index contributed by atoms with van der Waals surface area (Å²) in [4.78, 5) is 36.5. The van der Waals surface area contributed by atoms with Crippen LogP contribution in [0.3, 0.4) is 0 Å². The number of nitrogens with zero attached hydrogens (tertiary/aromatic N) is 1. The van der Waals surface area contributed by atoms with Crippen molar-refractivity contribution in [2.45, 2.75) is 13.8 Å². The Morgan fingerprint density at radius 2 is 1.77 bits per heavy atom. The van der Waals surface area contributed by atoms with Gasteiger partial charge in [0, 0.05) is 33.2 Å². The number of amides is 1. The molecule has 3 rings (SSSR count). The molecule has 0 radical (unpaired) electrons. The third-order valence-electron chi connectivity index (χ3n) is 4.26. The number of carbonyl (C=O) groups excluding carboxylic acids is 2. The van der Waals surface area contributed by atoms with E-state index in [0.29, 0.717) is 15.6 Å². The van der Waals surface area contributed by atoms with Gasteiger partial charge in [-0.25, -0.2) is 4.79 Å². The van der Waals surface area contributed by atoms with E-state index in [0.717, 1.165) is 10.4 Å². The van der Waals surface area contributed by atoms with Gasteiger partial charge in [0.05, 0.1) is 11.5 Å². The summed E-state index contributed by atoms with van der Waals surface area (Å²) in [5, 5.41) is 14.4. The number of benzene rings is 2. The first-order valence-electron chi connectivity index (χ1n) is 8.94. The van der Waals surface area contributed by atoms with E-state index < -0.39 is 16.8 Å². The van der Waals surface area contributed by atoms with Gasteiger partial charge in [-0.2, -0.15) is 0 Å². The molecule has 1 heterocycles. The number of aryl methyl sites for hydroxylation is 1. The normalized spacial score (nSPS) is 10.5. The average molecular weight is 445 g/mol. The number of halogens is 1. The molecule has 0 aliphatic heterocycles. The zero-order chi connectivity index (χ0) is 21.8. The fourth-order valence-electron chi connectivity index (χ4n) is 2.90. The molecule has 2 aromatic carbocycles. The Kier molecular flexibility index (Phi) is 6.49. The largest absolute Gasteiger partial charge is 0.462 e. The fraction of sp³-hybridized carbons (Fsp3) is 0.143. The number of non-ortho nitro benzene ring substituents is 1. The number of esters is 1. The van der Waals surface area contributed by atoms with Crippen LogP contribution in [0, 0.1) is 17.0 Å². The molecule has 1 aromatic heterocycles. The van der Waals surface area contributed by atoms with Crippen LogP contribution in [0.5, 0.6) is 0 Å². The predicted molar refractivity (Wildman–Crippen MR) is 117 cm³/mol. The summed E-state index contributed by atoms with van der Waals surface area (Å²) in [6.07, 6.45) is 0. The maximum absolute atomic E-state index is 12.7. The first kappa shape index (κ1) is 21.5.